The Balaban J connectivity index is 2.42. The van der Waals surface area contributed by atoms with Gasteiger partial charge in [-0.1, -0.05) is 27.7 Å². The zero-order valence-electron chi connectivity index (χ0n) is 10.4. The first-order valence-corrected chi connectivity index (χ1v) is 5.75. The Hall–Kier alpha value is -1.32. The van der Waals surface area contributed by atoms with E-state index < -0.39 is 0 Å². The molecule has 0 atom stereocenters. The molecule has 0 spiro atoms. The number of hydrogen-bond acceptors (Lipinski definition) is 2. The molecule has 1 aliphatic heterocycles. The van der Waals surface area contributed by atoms with Gasteiger partial charge in [0, 0.05) is 18.5 Å². The number of nitrogens with zero attached hydrogens (tertiary/aromatic N) is 2. The summed E-state index contributed by atoms with van der Waals surface area (Å²) in [5.74, 6) is 0.348. The fraction of sp³-hybridized carbons (Fsp3) is 0.667. The Morgan fingerprint density at radius 2 is 2.19 bits per heavy atom. The molecule has 0 aliphatic carbocycles. The molecule has 4 heteroatoms. The van der Waals surface area contributed by atoms with Gasteiger partial charge >= 0.3 is 0 Å². The summed E-state index contributed by atoms with van der Waals surface area (Å²) in [6, 6.07) is 1.90. The SMILES string of the molecule is CC(C)c1cc2n(n1)CC(C)(C)CNC2=O. The van der Waals surface area contributed by atoms with Gasteiger partial charge in [0.15, 0.2) is 0 Å². The van der Waals surface area contributed by atoms with Gasteiger partial charge in [-0.15, -0.1) is 0 Å². The van der Waals surface area contributed by atoms with Gasteiger partial charge in [0.1, 0.15) is 5.69 Å². The van der Waals surface area contributed by atoms with Crippen molar-refractivity contribution in [2.45, 2.75) is 40.2 Å². The first kappa shape index (κ1) is 11.2. The molecule has 4 nitrogen and oxygen atoms in total. The number of carbonyl (C=O) groups excluding carboxylic acids is 1. The van der Waals surface area contributed by atoms with Gasteiger partial charge < -0.3 is 5.32 Å². The van der Waals surface area contributed by atoms with E-state index in [1.807, 2.05) is 10.7 Å². The Labute approximate surface area is 96.0 Å². The number of amides is 1. The van der Waals surface area contributed by atoms with Crippen molar-refractivity contribution in [2.75, 3.05) is 6.54 Å². The quantitative estimate of drug-likeness (QED) is 0.785. The molecule has 0 unspecified atom stereocenters. The van der Waals surface area contributed by atoms with Crippen LogP contribution in [0, 0.1) is 5.41 Å². The van der Waals surface area contributed by atoms with Crippen molar-refractivity contribution in [3.8, 4) is 0 Å². The Morgan fingerprint density at radius 1 is 1.50 bits per heavy atom. The summed E-state index contributed by atoms with van der Waals surface area (Å²) >= 11 is 0. The summed E-state index contributed by atoms with van der Waals surface area (Å²) in [6.45, 7) is 9.94. The Morgan fingerprint density at radius 3 is 2.81 bits per heavy atom. The summed E-state index contributed by atoms with van der Waals surface area (Å²) in [5, 5.41) is 7.46. The maximum absolute atomic E-state index is 11.9. The lowest BCUT2D eigenvalue weighted by Crippen LogP contribution is -2.32. The van der Waals surface area contributed by atoms with E-state index in [0.29, 0.717) is 18.2 Å². The molecule has 1 aromatic rings. The maximum Gasteiger partial charge on any atom is 0.269 e. The monoisotopic (exact) mass is 221 g/mol. The summed E-state index contributed by atoms with van der Waals surface area (Å²) in [6.07, 6.45) is 0. The Kier molecular flexibility index (Phi) is 2.52. The number of rotatable bonds is 1. The van der Waals surface area contributed by atoms with Crippen LogP contribution >= 0.6 is 0 Å². The molecule has 1 N–H and O–H groups in total. The standard InChI is InChI=1S/C12H19N3O/c1-8(2)9-5-10-11(16)13-6-12(3,4)7-15(10)14-9/h5,8H,6-7H2,1-4H3,(H,13,16). The van der Waals surface area contributed by atoms with Crippen LogP contribution in [0.2, 0.25) is 0 Å². The third-order valence-corrected chi connectivity index (χ3v) is 2.93. The van der Waals surface area contributed by atoms with Gasteiger partial charge in [-0.3, -0.25) is 9.48 Å². The zero-order chi connectivity index (χ0) is 11.9. The molecule has 0 saturated heterocycles. The van der Waals surface area contributed by atoms with Crippen molar-refractivity contribution in [1.82, 2.24) is 15.1 Å². The minimum atomic E-state index is -0.00928. The first-order valence-electron chi connectivity index (χ1n) is 5.75. The van der Waals surface area contributed by atoms with Crippen LogP contribution < -0.4 is 5.32 Å². The molecular formula is C12H19N3O. The van der Waals surface area contributed by atoms with Gasteiger partial charge in [-0.05, 0) is 12.0 Å². The van der Waals surface area contributed by atoms with Crippen LogP contribution in [-0.2, 0) is 6.54 Å². The molecule has 16 heavy (non-hydrogen) atoms. The average molecular weight is 221 g/mol. The first-order chi connectivity index (χ1) is 7.39. The molecule has 0 fully saturated rings. The van der Waals surface area contributed by atoms with Crippen LogP contribution in [0.15, 0.2) is 6.07 Å². The molecule has 88 valence electrons. The van der Waals surface area contributed by atoms with Crippen LogP contribution in [0.4, 0.5) is 0 Å². The van der Waals surface area contributed by atoms with Crippen LogP contribution in [-0.4, -0.2) is 22.2 Å². The topological polar surface area (TPSA) is 46.9 Å². The Bertz CT molecular complexity index is 418. The second-order valence-corrected chi connectivity index (χ2v) is 5.61. The van der Waals surface area contributed by atoms with Crippen LogP contribution in [0.1, 0.15) is 49.8 Å². The lowest BCUT2D eigenvalue weighted by Gasteiger charge is -2.21. The minimum Gasteiger partial charge on any atom is -0.350 e. The van der Waals surface area contributed by atoms with Crippen molar-refractivity contribution < 1.29 is 4.79 Å². The summed E-state index contributed by atoms with van der Waals surface area (Å²) < 4.78 is 1.84. The van der Waals surface area contributed by atoms with Crippen molar-refractivity contribution in [1.29, 1.82) is 0 Å². The number of carbonyl (C=O) groups is 1. The van der Waals surface area contributed by atoms with E-state index in [2.05, 4.69) is 38.1 Å². The average Bonchev–Trinajstić information content (AvgIpc) is 2.53. The van der Waals surface area contributed by atoms with Gasteiger partial charge in [0.2, 0.25) is 0 Å². The number of hydrogen-bond donors (Lipinski definition) is 1. The summed E-state index contributed by atoms with van der Waals surface area (Å²) in [7, 11) is 0. The predicted octanol–water partition coefficient (Wildman–Crippen LogP) is 1.78. The van der Waals surface area contributed by atoms with Gasteiger partial charge in [0.05, 0.1) is 5.69 Å². The lowest BCUT2D eigenvalue weighted by molar-refractivity contribution is 0.0943. The highest BCUT2D eigenvalue weighted by atomic mass is 16.2. The lowest BCUT2D eigenvalue weighted by atomic mass is 9.94. The van der Waals surface area contributed by atoms with Gasteiger partial charge in [-0.2, -0.15) is 5.10 Å². The highest BCUT2D eigenvalue weighted by Crippen LogP contribution is 2.23. The van der Waals surface area contributed by atoms with Crippen molar-refractivity contribution in [3.05, 3.63) is 17.5 Å². The molecule has 2 heterocycles. The normalized spacial score (nSPS) is 19.2. The summed E-state index contributed by atoms with van der Waals surface area (Å²) in [4.78, 5) is 11.9. The van der Waals surface area contributed by atoms with E-state index in [9.17, 15) is 4.79 Å². The fourth-order valence-corrected chi connectivity index (χ4v) is 1.89. The molecule has 0 aromatic carbocycles. The van der Waals surface area contributed by atoms with E-state index in [-0.39, 0.29) is 11.3 Å². The van der Waals surface area contributed by atoms with Crippen molar-refractivity contribution >= 4 is 5.91 Å². The van der Waals surface area contributed by atoms with Gasteiger partial charge in [-0.25, -0.2) is 0 Å². The van der Waals surface area contributed by atoms with E-state index in [1.165, 1.54) is 0 Å². The van der Waals surface area contributed by atoms with Crippen LogP contribution in [0.5, 0.6) is 0 Å². The van der Waals surface area contributed by atoms with E-state index in [4.69, 9.17) is 0 Å². The zero-order valence-corrected chi connectivity index (χ0v) is 10.4. The molecule has 1 aliphatic rings. The molecule has 1 amide bonds. The number of fused-ring (bicyclic) bond motifs is 1. The van der Waals surface area contributed by atoms with Crippen LogP contribution in [0.3, 0.4) is 0 Å². The highest BCUT2D eigenvalue weighted by molar-refractivity contribution is 5.93. The van der Waals surface area contributed by atoms with Crippen molar-refractivity contribution in [3.63, 3.8) is 0 Å². The molecule has 2 rings (SSSR count). The van der Waals surface area contributed by atoms with E-state index in [1.54, 1.807) is 0 Å². The maximum atomic E-state index is 11.9. The number of nitrogens with one attached hydrogen (secondary N) is 1. The molecule has 0 radical (unpaired) electrons. The van der Waals surface area contributed by atoms with E-state index >= 15 is 0 Å². The largest absolute Gasteiger partial charge is 0.350 e. The highest BCUT2D eigenvalue weighted by Gasteiger charge is 2.28. The minimum absolute atomic E-state index is 0.00928. The third-order valence-electron chi connectivity index (χ3n) is 2.93. The predicted molar refractivity (Wildman–Crippen MR) is 62.4 cm³/mol. The van der Waals surface area contributed by atoms with E-state index in [0.717, 1.165) is 12.2 Å². The second-order valence-electron chi connectivity index (χ2n) is 5.61. The molecule has 0 saturated carbocycles. The van der Waals surface area contributed by atoms with Gasteiger partial charge in [0.25, 0.3) is 5.91 Å². The smallest absolute Gasteiger partial charge is 0.269 e. The molecular weight excluding hydrogens is 202 g/mol. The summed E-state index contributed by atoms with van der Waals surface area (Å²) in [5.41, 5.74) is 1.73. The second kappa shape index (κ2) is 3.61. The van der Waals surface area contributed by atoms with Crippen LogP contribution in [0.25, 0.3) is 0 Å². The fourth-order valence-electron chi connectivity index (χ4n) is 1.89. The molecule has 1 aromatic heterocycles. The van der Waals surface area contributed by atoms with Crippen molar-refractivity contribution in [2.24, 2.45) is 5.41 Å². The number of aromatic nitrogens is 2. The molecule has 0 bridgehead atoms. The third kappa shape index (κ3) is 1.96.